The molecule has 1 aliphatic rings. The first-order chi connectivity index (χ1) is 12.6. The predicted octanol–water partition coefficient (Wildman–Crippen LogP) is 2.13. The molecule has 0 radical (unpaired) electrons. The van der Waals surface area contributed by atoms with Crippen molar-refractivity contribution in [2.45, 2.75) is 19.8 Å². The second-order valence-electron chi connectivity index (χ2n) is 6.26. The summed E-state index contributed by atoms with van der Waals surface area (Å²) in [4.78, 5) is 28.1. The number of para-hydroxylation sites is 1. The molecule has 7 nitrogen and oxygen atoms in total. The van der Waals surface area contributed by atoms with E-state index in [0.717, 1.165) is 5.75 Å². The smallest absolute Gasteiger partial charge is 0.276 e. The van der Waals surface area contributed by atoms with Gasteiger partial charge in [0.1, 0.15) is 11.5 Å². The van der Waals surface area contributed by atoms with Gasteiger partial charge in [-0.15, -0.1) is 0 Å². The molecule has 1 aromatic heterocycles. The molecule has 7 heteroatoms. The molecule has 0 N–H and O–H groups in total. The van der Waals surface area contributed by atoms with E-state index in [2.05, 4.69) is 5.16 Å². The van der Waals surface area contributed by atoms with Gasteiger partial charge in [-0.1, -0.05) is 23.4 Å². The van der Waals surface area contributed by atoms with E-state index >= 15 is 0 Å². The van der Waals surface area contributed by atoms with Gasteiger partial charge in [-0.25, -0.2) is 0 Å². The number of benzene rings is 1. The number of piperazine rings is 1. The number of hydrogen-bond donors (Lipinski definition) is 0. The molecule has 0 saturated carbocycles. The lowest BCUT2D eigenvalue weighted by Crippen LogP contribution is -2.50. The summed E-state index contributed by atoms with van der Waals surface area (Å²) in [6.07, 6.45) is 1.12. The van der Waals surface area contributed by atoms with Gasteiger partial charge in [0.05, 0.1) is 6.61 Å². The topological polar surface area (TPSA) is 75.9 Å². The Morgan fingerprint density at radius 2 is 1.81 bits per heavy atom. The van der Waals surface area contributed by atoms with Gasteiger partial charge in [-0.2, -0.15) is 0 Å². The van der Waals surface area contributed by atoms with Gasteiger partial charge in [-0.3, -0.25) is 9.59 Å². The highest BCUT2D eigenvalue weighted by atomic mass is 16.5. The lowest BCUT2D eigenvalue weighted by atomic mass is 10.2. The minimum absolute atomic E-state index is 0.103. The lowest BCUT2D eigenvalue weighted by molar-refractivity contribution is -0.132. The Labute approximate surface area is 152 Å². The van der Waals surface area contributed by atoms with Crippen molar-refractivity contribution < 1.29 is 18.8 Å². The molecule has 1 saturated heterocycles. The first-order valence-corrected chi connectivity index (χ1v) is 8.82. The molecule has 0 aliphatic carbocycles. The number of carbonyl (C=O) groups excluding carboxylic acids is 2. The highest BCUT2D eigenvalue weighted by Crippen LogP contribution is 2.12. The van der Waals surface area contributed by atoms with Crippen LogP contribution in [0, 0.1) is 6.92 Å². The standard InChI is InChI=1S/C19H23N3O4/c1-15-14-17(20-26-15)19(24)22-11-9-21(10-12-22)18(23)8-5-13-25-16-6-3-2-4-7-16/h2-4,6-7,14H,5,8-13H2,1H3. The first kappa shape index (κ1) is 18.0. The molecule has 2 heterocycles. The monoisotopic (exact) mass is 357 g/mol. The summed E-state index contributed by atoms with van der Waals surface area (Å²) in [5, 5.41) is 3.76. The van der Waals surface area contributed by atoms with Crippen LogP contribution in [0.5, 0.6) is 5.75 Å². The quantitative estimate of drug-likeness (QED) is 0.740. The zero-order chi connectivity index (χ0) is 18.4. The van der Waals surface area contributed by atoms with Crippen molar-refractivity contribution in [2.75, 3.05) is 32.8 Å². The third-order valence-electron chi connectivity index (χ3n) is 4.31. The summed E-state index contributed by atoms with van der Waals surface area (Å²) in [7, 11) is 0. The van der Waals surface area contributed by atoms with Crippen LogP contribution in [0.15, 0.2) is 40.9 Å². The Kier molecular flexibility index (Phi) is 5.88. The largest absolute Gasteiger partial charge is 0.494 e. The molecular formula is C19H23N3O4. The van der Waals surface area contributed by atoms with Crippen LogP contribution in [-0.4, -0.2) is 59.6 Å². The van der Waals surface area contributed by atoms with Crippen molar-refractivity contribution in [1.29, 1.82) is 0 Å². The van der Waals surface area contributed by atoms with Crippen LogP contribution in [0.3, 0.4) is 0 Å². The van der Waals surface area contributed by atoms with E-state index in [1.807, 2.05) is 30.3 Å². The van der Waals surface area contributed by atoms with Gasteiger partial charge in [0.15, 0.2) is 5.69 Å². The molecule has 26 heavy (non-hydrogen) atoms. The zero-order valence-electron chi connectivity index (χ0n) is 14.9. The number of nitrogens with zero attached hydrogens (tertiary/aromatic N) is 3. The maximum absolute atomic E-state index is 12.3. The van der Waals surface area contributed by atoms with Crippen LogP contribution in [0.1, 0.15) is 29.1 Å². The minimum Gasteiger partial charge on any atom is -0.494 e. The fourth-order valence-corrected chi connectivity index (χ4v) is 2.88. The molecule has 0 bridgehead atoms. The maximum Gasteiger partial charge on any atom is 0.276 e. The lowest BCUT2D eigenvalue weighted by Gasteiger charge is -2.34. The number of aryl methyl sites for hydroxylation is 1. The van der Waals surface area contributed by atoms with Gasteiger partial charge >= 0.3 is 0 Å². The number of hydrogen-bond acceptors (Lipinski definition) is 5. The summed E-state index contributed by atoms with van der Waals surface area (Å²) >= 11 is 0. The van der Waals surface area contributed by atoms with E-state index in [4.69, 9.17) is 9.26 Å². The molecule has 3 rings (SSSR count). The van der Waals surface area contributed by atoms with Crippen LogP contribution in [0.25, 0.3) is 0 Å². The number of amides is 2. The Hall–Kier alpha value is -2.83. The molecule has 138 valence electrons. The summed E-state index contributed by atoms with van der Waals surface area (Å²) in [5.41, 5.74) is 0.320. The molecule has 1 aliphatic heterocycles. The van der Waals surface area contributed by atoms with E-state index in [1.165, 1.54) is 0 Å². The third-order valence-corrected chi connectivity index (χ3v) is 4.31. The van der Waals surface area contributed by atoms with E-state index < -0.39 is 0 Å². The fraction of sp³-hybridized carbons (Fsp3) is 0.421. The van der Waals surface area contributed by atoms with Crippen LogP contribution in [0.4, 0.5) is 0 Å². The van der Waals surface area contributed by atoms with Crippen molar-refractivity contribution in [1.82, 2.24) is 15.0 Å². The molecular weight excluding hydrogens is 334 g/mol. The molecule has 2 amide bonds. The Bertz CT molecular complexity index is 736. The van der Waals surface area contributed by atoms with Crippen LogP contribution in [0.2, 0.25) is 0 Å². The van der Waals surface area contributed by atoms with E-state index in [1.54, 1.807) is 22.8 Å². The van der Waals surface area contributed by atoms with Crippen LogP contribution in [-0.2, 0) is 4.79 Å². The van der Waals surface area contributed by atoms with Crippen molar-refractivity contribution >= 4 is 11.8 Å². The van der Waals surface area contributed by atoms with E-state index in [0.29, 0.717) is 57.1 Å². The predicted molar refractivity (Wildman–Crippen MR) is 94.9 cm³/mol. The SMILES string of the molecule is Cc1cc(C(=O)N2CCN(C(=O)CCCOc3ccccc3)CC2)no1. The summed E-state index contributed by atoms with van der Waals surface area (Å²) in [6, 6.07) is 11.2. The molecule has 2 aromatic rings. The van der Waals surface area contributed by atoms with Gasteiger partial charge < -0.3 is 19.1 Å². The molecule has 0 spiro atoms. The van der Waals surface area contributed by atoms with Crippen LogP contribution >= 0.6 is 0 Å². The van der Waals surface area contributed by atoms with Gasteiger partial charge in [0.25, 0.3) is 5.91 Å². The van der Waals surface area contributed by atoms with Crippen molar-refractivity contribution in [2.24, 2.45) is 0 Å². The average Bonchev–Trinajstić information content (AvgIpc) is 3.12. The summed E-state index contributed by atoms with van der Waals surface area (Å²) in [5.74, 6) is 1.38. The molecule has 1 aromatic carbocycles. The molecule has 1 fully saturated rings. The third kappa shape index (κ3) is 4.62. The number of aromatic nitrogens is 1. The first-order valence-electron chi connectivity index (χ1n) is 8.82. The normalized spacial score (nSPS) is 14.3. The van der Waals surface area contributed by atoms with Crippen molar-refractivity contribution in [3.63, 3.8) is 0 Å². The average molecular weight is 357 g/mol. The zero-order valence-corrected chi connectivity index (χ0v) is 14.9. The van der Waals surface area contributed by atoms with Gasteiger partial charge in [0, 0.05) is 38.7 Å². The van der Waals surface area contributed by atoms with Crippen molar-refractivity contribution in [3.8, 4) is 5.75 Å². The highest BCUT2D eigenvalue weighted by molar-refractivity contribution is 5.92. The second-order valence-corrected chi connectivity index (χ2v) is 6.26. The second kappa shape index (κ2) is 8.51. The minimum atomic E-state index is -0.148. The highest BCUT2D eigenvalue weighted by Gasteiger charge is 2.26. The number of carbonyl (C=O) groups is 2. The summed E-state index contributed by atoms with van der Waals surface area (Å²) in [6.45, 7) is 4.37. The van der Waals surface area contributed by atoms with Crippen molar-refractivity contribution in [3.05, 3.63) is 47.9 Å². The number of ether oxygens (including phenoxy) is 1. The van der Waals surface area contributed by atoms with Gasteiger partial charge in [-0.05, 0) is 25.5 Å². The number of rotatable bonds is 6. The fourth-order valence-electron chi connectivity index (χ4n) is 2.88. The van der Waals surface area contributed by atoms with Gasteiger partial charge in [0.2, 0.25) is 5.91 Å². The Balaban J connectivity index is 1.37. The summed E-state index contributed by atoms with van der Waals surface area (Å²) < 4.78 is 10.6. The Morgan fingerprint density at radius 3 is 2.46 bits per heavy atom. The van der Waals surface area contributed by atoms with Crippen LogP contribution < -0.4 is 4.74 Å². The molecule has 0 unspecified atom stereocenters. The Morgan fingerprint density at radius 1 is 1.12 bits per heavy atom. The maximum atomic E-state index is 12.3. The van der Waals surface area contributed by atoms with E-state index in [-0.39, 0.29) is 11.8 Å². The van der Waals surface area contributed by atoms with E-state index in [9.17, 15) is 9.59 Å². The molecule has 0 atom stereocenters.